The number of benzene rings is 1. The number of para-hydroxylation sites is 1. The van der Waals surface area contributed by atoms with Crippen LogP contribution >= 0.6 is 0 Å². The molecule has 0 aliphatic heterocycles. The molecule has 1 amide bonds. The Labute approximate surface area is 106 Å². The van der Waals surface area contributed by atoms with Crippen LogP contribution in [0.1, 0.15) is 30.6 Å². The normalized spacial score (nSPS) is 11.7. The van der Waals surface area contributed by atoms with Crippen LogP contribution in [-0.2, 0) is 4.79 Å². The average Bonchev–Trinajstić information content (AvgIpc) is 2.36. The van der Waals surface area contributed by atoms with Gasteiger partial charge in [-0.15, -0.1) is 0 Å². The zero-order chi connectivity index (χ0) is 13.5. The summed E-state index contributed by atoms with van der Waals surface area (Å²) in [5, 5.41) is 11.4. The van der Waals surface area contributed by atoms with Crippen molar-refractivity contribution in [2.75, 3.05) is 6.61 Å². The predicted molar refractivity (Wildman–Crippen MR) is 66.8 cm³/mol. The smallest absolute Gasteiger partial charge is 0.326 e. The van der Waals surface area contributed by atoms with Crippen molar-refractivity contribution in [3.8, 4) is 5.75 Å². The third kappa shape index (κ3) is 3.48. The largest absolute Gasteiger partial charge is 0.493 e. The number of ether oxygens (including phenoxy) is 1. The topological polar surface area (TPSA) is 75.6 Å². The molecule has 2 N–H and O–H groups in total. The second-order valence-corrected chi connectivity index (χ2v) is 3.70. The summed E-state index contributed by atoms with van der Waals surface area (Å²) in [4.78, 5) is 22.8. The van der Waals surface area contributed by atoms with E-state index in [1.165, 1.54) is 0 Å². The van der Waals surface area contributed by atoms with Gasteiger partial charge in [0.25, 0.3) is 5.91 Å². The lowest BCUT2D eigenvalue weighted by Crippen LogP contribution is -2.40. The molecular formula is C13H17NO4. The number of hydrogen-bond acceptors (Lipinski definition) is 3. The van der Waals surface area contributed by atoms with Gasteiger partial charge in [0, 0.05) is 0 Å². The van der Waals surface area contributed by atoms with Crippen molar-refractivity contribution in [2.45, 2.75) is 26.3 Å². The summed E-state index contributed by atoms with van der Waals surface area (Å²) in [5.74, 6) is -1.02. The van der Waals surface area contributed by atoms with Crippen molar-refractivity contribution in [1.82, 2.24) is 5.32 Å². The lowest BCUT2D eigenvalue weighted by Gasteiger charge is -2.14. The van der Waals surface area contributed by atoms with Crippen molar-refractivity contribution in [2.24, 2.45) is 0 Å². The van der Waals surface area contributed by atoms with Crippen LogP contribution in [0.2, 0.25) is 0 Å². The van der Waals surface area contributed by atoms with Crippen LogP contribution in [0.5, 0.6) is 5.75 Å². The predicted octanol–water partition coefficient (Wildman–Crippen LogP) is 1.68. The Morgan fingerprint density at radius 1 is 1.33 bits per heavy atom. The van der Waals surface area contributed by atoms with Gasteiger partial charge >= 0.3 is 5.97 Å². The van der Waals surface area contributed by atoms with Crippen molar-refractivity contribution >= 4 is 11.9 Å². The Balaban J connectivity index is 2.86. The van der Waals surface area contributed by atoms with Gasteiger partial charge in [0.2, 0.25) is 0 Å². The summed E-state index contributed by atoms with van der Waals surface area (Å²) in [6, 6.07) is 5.87. The second-order valence-electron chi connectivity index (χ2n) is 3.70. The van der Waals surface area contributed by atoms with Gasteiger partial charge in [0.05, 0.1) is 12.2 Å². The van der Waals surface area contributed by atoms with Gasteiger partial charge < -0.3 is 15.2 Å². The van der Waals surface area contributed by atoms with Gasteiger partial charge in [-0.05, 0) is 25.5 Å². The summed E-state index contributed by atoms with van der Waals surface area (Å²) in [5.41, 5.74) is 0.346. The van der Waals surface area contributed by atoms with E-state index in [1.807, 2.05) is 6.92 Å². The van der Waals surface area contributed by atoms with Crippen LogP contribution in [0.4, 0.5) is 0 Å². The molecule has 0 spiro atoms. The molecule has 1 rings (SSSR count). The number of carbonyl (C=O) groups excluding carboxylic acids is 1. The Hall–Kier alpha value is -2.04. The van der Waals surface area contributed by atoms with Gasteiger partial charge in [-0.25, -0.2) is 4.79 Å². The molecule has 98 valence electrons. The van der Waals surface area contributed by atoms with Crippen molar-refractivity contribution in [1.29, 1.82) is 0 Å². The molecule has 0 aliphatic carbocycles. The average molecular weight is 251 g/mol. The Morgan fingerprint density at radius 2 is 2.00 bits per heavy atom. The van der Waals surface area contributed by atoms with E-state index in [4.69, 9.17) is 9.84 Å². The van der Waals surface area contributed by atoms with Gasteiger partial charge in [-0.3, -0.25) is 4.79 Å². The number of hydrogen-bond donors (Lipinski definition) is 2. The standard InChI is InChI=1S/C13H17NO4/c1-3-10(13(16)17)14-12(15)9-7-5-6-8-11(9)18-4-2/h5-8,10H,3-4H2,1-2H3,(H,14,15)(H,16,17)/t10-/m0/s1. The molecule has 1 aromatic rings. The number of aliphatic carboxylic acids is 1. The third-order valence-corrected chi connectivity index (χ3v) is 2.44. The van der Waals surface area contributed by atoms with Crippen molar-refractivity contribution in [3.05, 3.63) is 29.8 Å². The molecule has 0 radical (unpaired) electrons. The maximum absolute atomic E-state index is 12.0. The first-order chi connectivity index (χ1) is 8.60. The van der Waals surface area contributed by atoms with Gasteiger partial charge in [0.15, 0.2) is 0 Å². The Bertz CT molecular complexity index is 431. The molecule has 5 heteroatoms. The van der Waals surface area contributed by atoms with Crippen molar-refractivity contribution in [3.63, 3.8) is 0 Å². The van der Waals surface area contributed by atoms with Crippen LogP contribution in [-0.4, -0.2) is 29.6 Å². The molecule has 0 heterocycles. The lowest BCUT2D eigenvalue weighted by atomic mass is 10.1. The Kier molecular flexibility index (Phi) is 5.17. The number of carbonyl (C=O) groups is 2. The molecule has 0 unspecified atom stereocenters. The molecule has 0 fully saturated rings. The molecule has 0 saturated carbocycles. The van der Waals surface area contributed by atoms with E-state index in [9.17, 15) is 9.59 Å². The number of carboxylic acids is 1. The van der Waals surface area contributed by atoms with E-state index in [2.05, 4.69) is 5.32 Å². The highest BCUT2D eigenvalue weighted by Gasteiger charge is 2.20. The first-order valence-electron chi connectivity index (χ1n) is 5.85. The molecule has 0 bridgehead atoms. The molecule has 1 atom stereocenters. The molecule has 0 aromatic heterocycles. The number of rotatable bonds is 6. The lowest BCUT2D eigenvalue weighted by molar-refractivity contribution is -0.139. The highest BCUT2D eigenvalue weighted by atomic mass is 16.5. The molecule has 0 saturated heterocycles. The fourth-order valence-electron chi connectivity index (χ4n) is 1.51. The van der Waals surface area contributed by atoms with Gasteiger partial charge in [-0.2, -0.15) is 0 Å². The first-order valence-corrected chi connectivity index (χ1v) is 5.85. The van der Waals surface area contributed by atoms with E-state index >= 15 is 0 Å². The van der Waals surface area contributed by atoms with Crippen LogP contribution in [0.25, 0.3) is 0 Å². The minimum Gasteiger partial charge on any atom is -0.493 e. The van der Waals surface area contributed by atoms with E-state index in [0.717, 1.165) is 0 Å². The third-order valence-electron chi connectivity index (χ3n) is 2.44. The molecule has 18 heavy (non-hydrogen) atoms. The minimum atomic E-state index is -1.04. The summed E-state index contributed by atoms with van der Waals surface area (Å²) in [6.45, 7) is 3.97. The van der Waals surface area contributed by atoms with E-state index in [1.54, 1.807) is 31.2 Å². The van der Waals surface area contributed by atoms with Gasteiger partial charge in [-0.1, -0.05) is 19.1 Å². The van der Waals surface area contributed by atoms with E-state index in [-0.39, 0.29) is 0 Å². The summed E-state index contributed by atoms with van der Waals surface area (Å²) >= 11 is 0. The molecule has 5 nitrogen and oxygen atoms in total. The fourth-order valence-corrected chi connectivity index (χ4v) is 1.51. The molecular weight excluding hydrogens is 234 g/mol. The van der Waals surface area contributed by atoms with E-state index < -0.39 is 17.9 Å². The van der Waals surface area contributed by atoms with Crippen molar-refractivity contribution < 1.29 is 19.4 Å². The first kappa shape index (κ1) is 14.0. The monoisotopic (exact) mass is 251 g/mol. The zero-order valence-electron chi connectivity index (χ0n) is 10.5. The highest BCUT2D eigenvalue weighted by Crippen LogP contribution is 2.17. The van der Waals surface area contributed by atoms with Crippen LogP contribution in [0.3, 0.4) is 0 Å². The Morgan fingerprint density at radius 3 is 2.56 bits per heavy atom. The van der Waals surface area contributed by atoms with Crippen LogP contribution in [0.15, 0.2) is 24.3 Å². The maximum atomic E-state index is 12.0. The quantitative estimate of drug-likeness (QED) is 0.806. The number of amides is 1. The van der Waals surface area contributed by atoms with Crippen LogP contribution in [0, 0.1) is 0 Å². The second kappa shape index (κ2) is 6.64. The summed E-state index contributed by atoms with van der Waals surface area (Å²) in [7, 11) is 0. The van der Waals surface area contributed by atoms with Gasteiger partial charge in [0.1, 0.15) is 11.8 Å². The number of carboxylic acid groups (broad SMARTS) is 1. The van der Waals surface area contributed by atoms with E-state index in [0.29, 0.717) is 24.3 Å². The minimum absolute atomic E-state index is 0.331. The maximum Gasteiger partial charge on any atom is 0.326 e. The van der Waals surface area contributed by atoms with Crippen LogP contribution < -0.4 is 10.1 Å². The fraction of sp³-hybridized carbons (Fsp3) is 0.385. The number of nitrogens with one attached hydrogen (secondary N) is 1. The summed E-state index contributed by atoms with van der Waals surface area (Å²) in [6.07, 6.45) is 0.331. The highest BCUT2D eigenvalue weighted by molar-refractivity contribution is 5.98. The molecule has 1 aromatic carbocycles. The zero-order valence-corrected chi connectivity index (χ0v) is 10.5. The molecule has 0 aliphatic rings. The SMILES string of the molecule is CCOc1ccccc1C(=O)N[C@@H](CC)C(=O)O. The summed E-state index contributed by atoms with van der Waals surface area (Å²) < 4.78 is 5.33.